The highest BCUT2D eigenvalue weighted by atomic mass is 35.5. The van der Waals surface area contributed by atoms with E-state index >= 15 is 0 Å². The third kappa shape index (κ3) is 3.70. The van der Waals surface area contributed by atoms with Crippen LogP contribution in [0, 0.1) is 5.82 Å². The molecule has 1 aromatic rings. The molecule has 1 fully saturated rings. The van der Waals surface area contributed by atoms with Gasteiger partial charge in [-0.15, -0.1) is 11.6 Å². The predicted molar refractivity (Wildman–Crippen MR) is 78.3 cm³/mol. The highest BCUT2D eigenvalue weighted by Gasteiger charge is 2.29. The Morgan fingerprint density at radius 3 is 2.70 bits per heavy atom. The Balaban J connectivity index is 1.95. The molecule has 0 spiro atoms. The molecule has 1 saturated heterocycles. The minimum Gasteiger partial charge on any atom is -0.341 e. The van der Waals surface area contributed by atoms with Gasteiger partial charge in [-0.1, -0.05) is 12.1 Å². The Kier molecular flexibility index (Phi) is 5.38. The Bertz CT molecular complexity index is 452. The molecule has 5 heteroatoms. The second kappa shape index (κ2) is 7.04. The van der Waals surface area contributed by atoms with Crippen molar-refractivity contribution in [1.82, 2.24) is 4.90 Å². The van der Waals surface area contributed by atoms with E-state index in [0.717, 1.165) is 12.0 Å². The number of likely N-dealkylation sites (tertiary alicyclic amines) is 1. The molecule has 1 amide bonds. The van der Waals surface area contributed by atoms with E-state index in [1.807, 2.05) is 4.90 Å². The van der Waals surface area contributed by atoms with Gasteiger partial charge in [0, 0.05) is 37.4 Å². The van der Waals surface area contributed by atoms with Crippen LogP contribution >= 0.6 is 11.6 Å². The average Bonchev–Trinajstić information content (AvgIpc) is 2.46. The van der Waals surface area contributed by atoms with Gasteiger partial charge in [-0.3, -0.25) is 4.79 Å². The largest absolute Gasteiger partial charge is 0.341 e. The maximum absolute atomic E-state index is 12.9. The molecule has 1 aromatic carbocycles. The van der Waals surface area contributed by atoms with Crippen LogP contribution in [-0.4, -0.2) is 35.8 Å². The Morgan fingerprint density at radius 1 is 1.40 bits per heavy atom. The van der Waals surface area contributed by atoms with Crippen molar-refractivity contribution in [1.29, 1.82) is 0 Å². The maximum atomic E-state index is 12.9. The van der Waals surface area contributed by atoms with Crippen LogP contribution < -0.4 is 5.73 Å². The van der Waals surface area contributed by atoms with E-state index in [2.05, 4.69) is 0 Å². The van der Waals surface area contributed by atoms with Crippen molar-refractivity contribution in [3.05, 3.63) is 35.6 Å². The van der Waals surface area contributed by atoms with Crippen LogP contribution in [0.25, 0.3) is 0 Å². The normalized spacial score (nSPS) is 22.9. The zero-order chi connectivity index (χ0) is 14.5. The Hall–Kier alpha value is -1.13. The van der Waals surface area contributed by atoms with Crippen molar-refractivity contribution in [2.75, 3.05) is 19.0 Å². The molecule has 1 aliphatic rings. The van der Waals surface area contributed by atoms with Gasteiger partial charge in [0.15, 0.2) is 0 Å². The lowest BCUT2D eigenvalue weighted by Gasteiger charge is -2.37. The first-order valence-corrected chi connectivity index (χ1v) is 7.50. The number of alkyl halides is 1. The van der Waals surface area contributed by atoms with E-state index in [-0.39, 0.29) is 23.7 Å². The minimum atomic E-state index is -0.240. The standard InChI is InChI=1S/C15H20ClFN2O/c16-8-1-2-15(20)19-9-7-13(14(18)10-19)11-3-5-12(17)6-4-11/h3-6,13-14H,1-2,7-10,18H2. The molecular weight excluding hydrogens is 279 g/mol. The number of carbonyl (C=O) groups is 1. The minimum absolute atomic E-state index is 0.103. The van der Waals surface area contributed by atoms with Crippen LogP contribution in [0.4, 0.5) is 4.39 Å². The molecule has 1 aliphatic heterocycles. The van der Waals surface area contributed by atoms with Gasteiger partial charge in [-0.05, 0) is 30.5 Å². The summed E-state index contributed by atoms with van der Waals surface area (Å²) in [6.45, 7) is 1.26. The molecular formula is C15H20ClFN2O. The molecule has 3 nitrogen and oxygen atoms in total. The molecule has 0 aromatic heterocycles. The Morgan fingerprint density at radius 2 is 2.10 bits per heavy atom. The van der Waals surface area contributed by atoms with E-state index < -0.39 is 0 Å². The maximum Gasteiger partial charge on any atom is 0.222 e. The number of hydrogen-bond donors (Lipinski definition) is 1. The second-order valence-electron chi connectivity index (χ2n) is 5.24. The smallest absolute Gasteiger partial charge is 0.222 e. The Labute approximate surface area is 123 Å². The van der Waals surface area contributed by atoms with E-state index in [1.54, 1.807) is 12.1 Å². The monoisotopic (exact) mass is 298 g/mol. The topological polar surface area (TPSA) is 46.3 Å². The zero-order valence-corrected chi connectivity index (χ0v) is 12.2. The van der Waals surface area contributed by atoms with Gasteiger partial charge in [0.05, 0.1) is 0 Å². The number of nitrogens with two attached hydrogens (primary N) is 1. The molecule has 2 unspecified atom stereocenters. The number of halogens is 2. The van der Waals surface area contributed by atoms with Gasteiger partial charge in [-0.25, -0.2) is 4.39 Å². The lowest BCUT2D eigenvalue weighted by molar-refractivity contribution is -0.132. The molecule has 0 bridgehead atoms. The molecule has 1 heterocycles. The van der Waals surface area contributed by atoms with Crippen molar-refractivity contribution in [2.45, 2.75) is 31.2 Å². The van der Waals surface area contributed by atoms with E-state index in [9.17, 15) is 9.18 Å². The molecule has 110 valence electrons. The van der Waals surface area contributed by atoms with Crippen LogP contribution in [-0.2, 0) is 4.79 Å². The number of rotatable bonds is 4. The number of amides is 1. The van der Waals surface area contributed by atoms with Crippen LogP contribution in [0.1, 0.15) is 30.7 Å². The van der Waals surface area contributed by atoms with Gasteiger partial charge < -0.3 is 10.6 Å². The number of benzene rings is 1. The average molecular weight is 299 g/mol. The van der Waals surface area contributed by atoms with Gasteiger partial charge in [0.2, 0.25) is 5.91 Å². The van der Waals surface area contributed by atoms with Gasteiger partial charge >= 0.3 is 0 Å². The van der Waals surface area contributed by atoms with Crippen molar-refractivity contribution in [3.8, 4) is 0 Å². The van der Waals surface area contributed by atoms with E-state index in [1.165, 1.54) is 12.1 Å². The molecule has 2 N–H and O–H groups in total. The van der Waals surface area contributed by atoms with E-state index in [4.69, 9.17) is 17.3 Å². The first kappa shape index (κ1) is 15.3. The summed E-state index contributed by atoms with van der Waals surface area (Å²) >= 11 is 5.60. The highest BCUT2D eigenvalue weighted by Crippen LogP contribution is 2.27. The van der Waals surface area contributed by atoms with Crippen molar-refractivity contribution in [3.63, 3.8) is 0 Å². The summed E-state index contributed by atoms with van der Waals surface area (Å²) in [5, 5.41) is 0. The summed E-state index contributed by atoms with van der Waals surface area (Å²) in [5.41, 5.74) is 7.24. The molecule has 0 radical (unpaired) electrons. The molecule has 0 saturated carbocycles. The second-order valence-corrected chi connectivity index (χ2v) is 5.62. The lowest BCUT2D eigenvalue weighted by Crippen LogP contribution is -2.49. The van der Waals surface area contributed by atoms with Crippen molar-refractivity contribution < 1.29 is 9.18 Å². The first-order valence-electron chi connectivity index (χ1n) is 6.96. The number of nitrogens with zero attached hydrogens (tertiary/aromatic N) is 1. The predicted octanol–water partition coefficient (Wildman–Crippen LogP) is 2.49. The fourth-order valence-corrected chi connectivity index (χ4v) is 2.84. The van der Waals surface area contributed by atoms with Crippen molar-refractivity contribution >= 4 is 17.5 Å². The molecule has 0 aliphatic carbocycles. The van der Waals surface area contributed by atoms with Crippen LogP contribution in [0.15, 0.2) is 24.3 Å². The molecule has 20 heavy (non-hydrogen) atoms. The van der Waals surface area contributed by atoms with Gasteiger partial charge in [-0.2, -0.15) is 0 Å². The zero-order valence-electron chi connectivity index (χ0n) is 11.4. The van der Waals surface area contributed by atoms with Crippen LogP contribution in [0.3, 0.4) is 0 Å². The third-order valence-electron chi connectivity index (χ3n) is 3.83. The summed E-state index contributed by atoms with van der Waals surface area (Å²) < 4.78 is 12.9. The summed E-state index contributed by atoms with van der Waals surface area (Å²) in [4.78, 5) is 13.8. The number of piperidine rings is 1. The third-order valence-corrected chi connectivity index (χ3v) is 4.10. The lowest BCUT2D eigenvalue weighted by atomic mass is 9.85. The summed E-state index contributed by atoms with van der Waals surface area (Å²) in [6.07, 6.45) is 2.00. The fourth-order valence-electron chi connectivity index (χ4n) is 2.71. The summed E-state index contributed by atoms with van der Waals surface area (Å²) in [6, 6.07) is 6.38. The van der Waals surface area contributed by atoms with Crippen molar-refractivity contribution in [2.24, 2.45) is 5.73 Å². The number of hydrogen-bond acceptors (Lipinski definition) is 2. The van der Waals surface area contributed by atoms with Gasteiger partial charge in [0.25, 0.3) is 0 Å². The summed E-state index contributed by atoms with van der Waals surface area (Å²) in [7, 11) is 0. The van der Waals surface area contributed by atoms with Gasteiger partial charge in [0.1, 0.15) is 5.82 Å². The summed E-state index contributed by atoms with van der Waals surface area (Å²) in [5.74, 6) is 0.575. The SMILES string of the molecule is NC1CN(C(=O)CCCCl)CCC1c1ccc(F)cc1. The van der Waals surface area contributed by atoms with E-state index in [0.29, 0.717) is 31.8 Å². The van der Waals surface area contributed by atoms with Crippen LogP contribution in [0.2, 0.25) is 0 Å². The quantitative estimate of drug-likeness (QED) is 0.868. The van der Waals surface area contributed by atoms with Crippen LogP contribution in [0.5, 0.6) is 0 Å². The highest BCUT2D eigenvalue weighted by molar-refractivity contribution is 6.17. The molecule has 2 atom stereocenters. The first-order chi connectivity index (χ1) is 9.61. The number of carbonyl (C=O) groups excluding carboxylic acids is 1. The fraction of sp³-hybridized carbons (Fsp3) is 0.533. The molecule has 2 rings (SSSR count).